The van der Waals surface area contributed by atoms with Gasteiger partial charge in [-0.25, -0.2) is 4.98 Å². The Morgan fingerprint density at radius 2 is 1.82 bits per heavy atom. The number of rotatable bonds is 6. The number of hydrogen-bond acceptors (Lipinski definition) is 6. The van der Waals surface area contributed by atoms with Gasteiger partial charge in [0.15, 0.2) is 5.16 Å². The number of para-hydroxylation sites is 2. The summed E-state index contributed by atoms with van der Waals surface area (Å²) in [6.07, 6.45) is 4.43. The number of likely N-dealkylation sites (tertiary alicyclic amines) is 1. The normalized spacial score (nSPS) is 18.7. The van der Waals surface area contributed by atoms with Gasteiger partial charge in [-0.2, -0.15) is 0 Å². The van der Waals surface area contributed by atoms with Gasteiger partial charge in [0.1, 0.15) is 5.82 Å². The third-order valence-electron chi connectivity index (χ3n) is 6.37. The largest absolute Gasteiger partial charge is 0.341 e. The van der Waals surface area contributed by atoms with E-state index in [1.54, 1.807) is 11.3 Å². The van der Waals surface area contributed by atoms with Crippen molar-refractivity contribution in [3.63, 3.8) is 0 Å². The molecular formula is C25H25N5OS2. The number of nitrogens with zero attached hydrogens (tertiary/aromatic N) is 5. The molecule has 8 heteroatoms. The fourth-order valence-corrected chi connectivity index (χ4v) is 6.44. The minimum Gasteiger partial charge on any atom is -0.341 e. The van der Waals surface area contributed by atoms with Crippen molar-refractivity contribution in [2.45, 2.75) is 42.7 Å². The highest BCUT2D eigenvalue weighted by Gasteiger charge is 2.32. The van der Waals surface area contributed by atoms with Crippen molar-refractivity contribution in [2.24, 2.45) is 0 Å². The Morgan fingerprint density at radius 1 is 1.00 bits per heavy atom. The number of aromatic nitrogens is 4. The fraction of sp³-hybridized carbons (Fsp3) is 0.360. The van der Waals surface area contributed by atoms with Crippen molar-refractivity contribution in [3.8, 4) is 5.69 Å². The maximum Gasteiger partial charge on any atom is 0.233 e. The van der Waals surface area contributed by atoms with Crippen LogP contribution in [0.3, 0.4) is 0 Å². The molecule has 2 aliphatic rings. The molecular weight excluding hydrogens is 450 g/mol. The maximum atomic E-state index is 13.2. The van der Waals surface area contributed by atoms with Crippen LogP contribution in [-0.4, -0.2) is 49.4 Å². The van der Waals surface area contributed by atoms with E-state index in [9.17, 15) is 4.79 Å². The second-order valence-electron chi connectivity index (χ2n) is 8.77. The van der Waals surface area contributed by atoms with Crippen molar-refractivity contribution in [3.05, 3.63) is 65.4 Å². The van der Waals surface area contributed by atoms with Crippen LogP contribution in [0, 0.1) is 0 Å². The smallest absolute Gasteiger partial charge is 0.233 e. The number of fused-ring (bicyclic) bond motifs is 1. The zero-order valence-electron chi connectivity index (χ0n) is 18.3. The van der Waals surface area contributed by atoms with Crippen LogP contribution in [0.15, 0.2) is 59.8 Å². The highest BCUT2D eigenvalue weighted by atomic mass is 32.2. The zero-order valence-corrected chi connectivity index (χ0v) is 19.9. The Labute approximate surface area is 201 Å². The molecule has 0 radical (unpaired) electrons. The van der Waals surface area contributed by atoms with E-state index in [1.807, 2.05) is 29.2 Å². The number of benzene rings is 2. The molecule has 2 aromatic heterocycles. The molecule has 1 saturated carbocycles. The van der Waals surface area contributed by atoms with Crippen LogP contribution < -0.4 is 0 Å². The second-order valence-corrected chi connectivity index (χ2v) is 10.8. The number of thiazole rings is 1. The van der Waals surface area contributed by atoms with Gasteiger partial charge in [-0.15, -0.1) is 21.5 Å². The molecule has 2 aromatic carbocycles. The molecule has 0 N–H and O–H groups in total. The van der Waals surface area contributed by atoms with Gasteiger partial charge in [-0.05, 0) is 49.9 Å². The summed E-state index contributed by atoms with van der Waals surface area (Å²) in [6, 6.07) is 18.5. The second kappa shape index (κ2) is 8.91. The molecule has 4 aromatic rings. The molecule has 6 nitrogen and oxygen atoms in total. The standard InChI is InChI=1S/C25H25N5OS2/c31-22(29-14-6-7-18(15-29)24-26-20-10-4-5-11-21(20)33-24)16-32-25-28-27-23(17-12-13-17)30(25)19-8-2-1-3-9-19/h1-5,8-11,17-18H,6-7,12-16H2. The van der Waals surface area contributed by atoms with Crippen molar-refractivity contribution in [1.29, 1.82) is 0 Å². The summed E-state index contributed by atoms with van der Waals surface area (Å²) in [5, 5.41) is 10.9. The number of piperidine rings is 1. The summed E-state index contributed by atoms with van der Waals surface area (Å²) < 4.78 is 3.36. The molecule has 168 valence electrons. The van der Waals surface area contributed by atoms with E-state index in [0.717, 1.165) is 66.0 Å². The predicted octanol–water partition coefficient (Wildman–Crippen LogP) is 5.25. The molecule has 0 spiro atoms. The number of carbonyl (C=O) groups excluding carboxylic acids is 1. The number of carbonyl (C=O) groups is 1. The summed E-state index contributed by atoms with van der Waals surface area (Å²) in [7, 11) is 0. The van der Waals surface area contributed by atoms with Gasteiger partial charge >= 0.3 is 0 Å². The Hall–Kier alpha value is -2.71. The summed E-state index contributed by atoms with van der Waals surface area (Å²) in [6.45, 7) is 1.57. The van der Waals surface area contributed by atoms with Crippen LogP contribution in [0.25, 0.3) is 15.9 Å². The summed E-state index contributed by atoms with van der Waals surface area (Å²) >= 11 is 3.26. The van der Waals surface area contributed by atoms with E-state index < -0.39 is 0 Å². The Morgan fingerprint density at radius 3 is 2.64 bits per heavy atom. The van der Waals surface area contributed by atoms with Gasteiger partial charge in [-0.3, -0.25) is 9.36 Å². The Kier molecular flexibility index (Phi) is 5.63. The van der Waals surface area contributed by atoms with E-state index in [1.165, 1.54) is 16.5 Å². The van der Waals surface area contributed by atoms with Gasteiger partial charge < -0.3 is 4.90 Å². The van der Waals surface area contributed by atoms with Crippen LogP contribution in [0.4, 0.5) is 0 Å². The lowest BCUT2D eigenvalue weighted by atomic mass is 9.99. The average molecular weight is 476 g/mol. The first kappa shape index (κ1) is 20.9. The summed E-state index contributed by atoms with van der Waals surface area (Å²) in [5.74, 6) is 2.37. The van der Waals surface area contributed by atoms with Crippen LogP contribution in [-0.2, 0) is 4.79 Å². The SMILES string of the molecule is O=C(CSc1nnc(C2CC2)n1-c1ccccc1)N1CCCC(c2nc3ccccc3s2)C1. The zero-order chi connectivity index (χ0) is 22.2. The average Bonchev–Trinajstić information content (AvgIpc) is 3.47. The van der Waals surface area contributed by atoms with Crippen LogP contribution in [0.1, 0.15) is 48.4 Å². The van der Waals surface area contributed by atoms with Gasteiger partial charge in [-0.1, -0.05) is 42.1 Å². The van der Waals surface area contributed by atoms with Crippen molar-refractivity contribution in [1.82, 2.24) is 24.6 Å². The predicted molar refractivity (Wildman–Crippen MR) is 132 cm³/mol. The fourth-order valence-electron chi connectivity index (χ4n) is 4.49. The van der Waals surface area contributed by atoms with Gasteiger partial charge in [0.05, 0.1) is 21.0 Å². The summed E-state index contributed by atoms with van der Waals surface area (Å²) in [4.78, 5) is 20.0. The first-order valence-electron chi connectivity index (χ1n) is 11.5. The van der Waals surface area contributed by atoms with E-state index in [4.69, 9.17) is 4.98 Å². The lowest BCUT2D eigenvalue weighted by molar-refractivity contribution is -0.129. The van der Waals surface area contributed by atoms with Gasteiger partial charge in [0.2, 0.25) is 5.91 Å². The van der Waals surface area contributed by atoms with Crippen LogP contribution in [0.5, 0.6) is 0 Å². The maximum absolute atomic E-state index is 13.2. The number of hydrogen-bond donors (Lipinski definition) is 0. The molecule has 2 fully saturated rings. The molecule has 1 saturated heterocycles. The Balaban J connectivity index is 1.15. The molecule has 1 unspecified atom stereocenters. The molecule has 1 atom stereocenters. The molecule has 3 heterocycles. The minimum absolute atomic E-state index is 0.168. The molecule has 6 rings (SSSR count). The molecule has 1 aliphatic heterocycles. The minimum atomic E-state index is 0.168. The van der Waals surface area contributed by atoms with E-state index >= 15 is 0 Å². The number of amides is 1. The topological polar surface area (TPSA) is 63.9 Å². The van der Waals surface area contributed by atoms with E-state index in [2.05, 4.69) is 45.1 Å². The molecule has 0 bridgehead atoms. The summed E-state index contributed by atoms with van der Waals surface area (Å²) in [5.41, 5.74) is 2.12. The molecule has 1 amide bonds. The van der Waals surface area contributed by atoms with Crippen molar-refractivity contribution >= 4 is 39.2 Å². The highest BCUT2D eigenvalue weighted by Crippen LogP contribution is 2.41. The van der Waals surface area contributed by atoms with Gasteiger partial charge in [0, 0.05) is 30.6 Å². The Bertz CT molecular complexity index is 1250. The quantitative estimate of drug-likeness (QED) is 0.356. The third-order valence-corrected chi connectivity index (χ3v) is 8.49. The third kappa shape index (κ3) is 4.29. The first-order chi connectivity index (χ1) is 16.3. The van der Waals surface area contributed by atoms with Crippen LogP contribution in [0.2, 0.25) is 0 Å². The van der Waals surface area contributed by atoms with Crippen molar-refractivity contribution in [2.75, 3.05) is 18.8 Å². The van der Waals surface area contributed by atoms with E-state index in [-0.39, 0.29) is 5.91 Å². The van der Waals surface area contributed by atoms with Crippen LogP contribution >= 0.6 is 23.1 Å². The monoisotopic (exact) mass is 475 g/mol. The highest BCUT2D eigenvalue weighted by molar-refractivity contribution is 7.99. The molecule has 1 aliphatic carbocycles. The molecule has 33 heavy (non-hydrogen) atoms. The van der Waals surface area contributed by atoms with Gasteiger partial charge in [0.25, 0.3) is 0 Å². The van der Waals surface area contributed by atoms with E-state index in [0.29, 0.717) is 17.6 Å². The number of thioether (sulfide) groups is 1. The first-order valence-corrected chi connectivity index (χ1v) is 13.3. The lowest BCUT2D eigenvalue weighted by Crippen LogP contribution is -2.40. The van der Waals surface area contributed by atoms with Crippen molar-refractivity contribution < 1.29 is 4.79 Å². The lowest BCUT2D eigenvalue weighted by Gasteiger charge is -2.31.